The second kappa shape index (κ2) is 9.03. The number of halogens is 2. The van der Waals surface area contributed by atoms with Crippen molar-refractivity contribution < 1.29 is 19.1 Å². The number of hydrazone groups is 1. The van der Waals surface area contributed by atoms with Crippen LogP contribution >= 0.6 is 38.5 Å². The van der Waals surface area contributed by atoms with E-state index in [4.69, 9.17) is 9.47 Å². The van der Waals surface area contributed by atoms with Gasteiger partial charge in [-0.05, 0) is 95.0 Å². The maximum absolute atomic E-state index is 13.2. The van der Waals surface area contributed by atoms with Gasteiger partial charge in [-0.2, -0.15) is 10.1 Å². The predicted molar refractivity (Wildman–Crippen MR) is 143 cm³/mol. The molecule has 0 radical (unpaired) electrons. The van der Waals surface area contributed by atoms with E-state index in [9.17, 15) is 9.59 Å². The van der Waals surface area contributed by atoms with Gasteiger partial charge in [0.1, 0.15) is 6.61 Å². The number of benzene rings is 2. The summed E-state index contributed by atoms with van der Waals surface area (Å²) in [6.45, 7) is 2.81. The van der Waals surface area contributed by atoms with Gasteiger partial charge in [-0.25, -0.2) is 0 Å². The molecule has 2 amide bonds. The smallest absolute Gasteiger partial charge is 0.254 e. The minimum Gasteiger partial charge on any atom is -0.490 e. The van der Waals surface area contributed by atoms with Gasteiger partial charge in [0.05, 0.1) is 28.2 Å². The molecule has 2 saturated carbocycles. The van der Waals surface area contributed by atoms with Crippen LogP contribution in [0.25, 0.3) is 0 Å². The standard InChI is InChI=1S/C27H24BrIN2O4/c1-2-34-22-10-15(9-21(29)25(22)35-13-14-3-5-16(28)6-4-14)12-30-31-26(32)23-17-7-8-18(20-11-19(17)20)24(23)27(31)33/h3-10,12,17-20,23-24H,2,11,13H2,1H3/b30-12-/t17-,18-,19-,20+,23+,24+/m0/s1. The van der Waals surface area contributed by atoms with Crippen LogP contribution in [0.1, 0.15) is 24.5 Å². The Bertz CT molecular complexity index is 1220. The van der Waals surface area contributed by atoms with Crippen molar-refractivity contribution in [2.45, 2.75) is 20.0 Å². The lowest BCUT2D eigenvalue weighted by Gasteiger charge is -2.37. The number of allylic oxidation sites excluding steroid dienone is 2. The fourth-order valence-electron chi connectivity index (χ4n) is 5.98. The number of imide groups is 1. The Kier molecular flexibility index (Phi) is 5.99. The van der Waals surface area contributed by atoms with Crippen LogP contribution in [-0.2, 0) is 16.2 Å². The van der Waals surface area contributed by atoms with Crippen LogP contribution in [0, 0.1) is 39.1 Å². The fourth-order valence-corrected chi connectivity index (χ4v) is 7.03. The molecule has 4 aliphatic carbocycles. The summed E-state index contributed by atoms with van der Waals surface area (Å²) in [5.41, 5.74) is 1.79. The molecule has 1 heterocycles. The Balaban J connectivity index is 1.21. The second-order valence-electron chi connectivity index (χ2n) is 9.57. The van der Waals surface area contributed by atoms with Gasteiger partial charge >= 0.3 is 0 Å². The minimum absolute atomic E-state index is 0.157. The van der Waals surface area contributed by atoms with Crippen molar-refractivity contribution in [2.75, 3.05) is 6.61 Å². The van der Waals surface area contributed by atoms with Crippen LogP contribution in [0.15, 0.2) is 58.1 Å². The van der Waals surface area contributed by atoms with E-state index in [1.165, 1.54) is 0 Å². The first kappa shape index (κ1) is 23.2. The number of ether oxygens (including phenoxy) is 2. The first-order valence-electron chi connectivity index (χ1n) is 11.9. The molecule has 0 aromatic heterocycles. The molecule has 3 fully saturated rings. The van der Waals surface area contributed by atoms with Gasteiger partial charge < -0.3 is 9.47 Å². The lowest BCUT2D eigenvalue weighted by Crippen LogP contribution is -2.40. The summed E-state index contributed by atoms with van der Waals surface area (Å²) >= 11 is 5.66. The minimum atomic E-state index is -0.244. The van der Waals surface area contributed by atoms with Gasteiger partial charge in [0.15, 0.2) is 11.5 Å². The number of hydrogen-bond acceptors (Lipinski definition) is 5. The third-order valence-corrected chi connectivity index (χ3v) is 8.92. The topological polar surface area (TPSA) is 68.2 Å². The number of rotatable bonds is 7. The van der Waals surface area contributed by atoms with E-state index in [1.807, 2.05) is 43.3 Å². The van der Waals surface area contributed by atoms with Gasteiger partial charge in [-0.15, -0.1) is 0 Å². The highest BCUT2D eigenvalue weighted by Crippen LogP contribution is 2.65. The Hall–Kier alpha value is -2.20. The van der Waals surface area contributed by atoms with Gasteiger partial charge in [0.25, 0.3) is 11.8 Å². The third kappa shape index (κ3) is 4.02. The molecule has 2 aromatic rings. The molecule has 35 heavy (non-hydrogen) atoms. The summed E-state index contributed by atoms with van der Waals surface area (Å²) in [7, 11) is 0. The molecule has 0 N–H and O–H groups in total. The molecule has 1 saturated heterocycles. The third-order valence-electron chi connectivity index (χ3n) is 7.59. The lowest BCUT2D eigenvalue weighted by molar-refractivity contribution is -0.140. The molecule has 2 bridgehead atoms. The largest absolute Gasteiger partial charge is 0.490 e. The molecule has 7 rings (SSSR count). The van der Waals surface area contributed by atoms with Crippen molar-refractivity contribution >= 4 is 56.5 Å². The van der Waals surface area contributed by atoms with Gasteiger partial charge in [-0.3, -0.25) is 9.59 Å². The van der Waals surface area contributed by atoms with Crippen LogP contribution in [0.5, 0.6) is 11.5 Å². The van der Waals surface area contributed by atoms with E-state index >= 15 is 0 Å². The molecule has 180 valence electrons. The summed E-state index contributed by atoms with van der Waals surface area (Å²) in [4.78, 5) is 26.3. The normalized spacial score (nSPS) is 30.1. The fraction of sp³-hybridized carbons (Fsp3) is 0.370. The number of carbonyl (C=O) groups excluding carboxylic acids is 2. The monoisotopic (exact) mass is 646 g/mol. The Labute approximate surface area is 226 Å². The summed E-state index contributed by atoms with van der Waals surface area (Å²) in [6.07, 6.45) is 7.06. The van der Waals surface area contributed by atoms with Crippen LogP contribution < -0.4 is 9.47 Å². The van der Waals surface area contributed by atoms with Crippen LogP contribution in [-0.4, -0.2) is 29.6 Å². The van der Waals surface area contributed by atoms with Gasteiger partial charge in [0.2, 0.25) is 0 Å². The van der Waals surface area contributed by atoms with E-state index in [0.717, 1.165) is 30.6 Å². The maximum Gasteiger partial charge on any atom is 0.254 e. The molecular weight excluding hydrogens is 623 g/mol. The molecule has 0 spiro atoms. The van der Waals surface area contributed by atoms with Crippen molar-refractivity contribution in [3.05, 3.63) is 67.7 Å². The highest BCUT2D eigenvalue weighted by atomic mass is 127. The van der Waals surface area contributed by atoms with Crippen LogP contribution in [0.2, 0.25) is 0 Å². The molecule has 8 heteroatoms. The number of amides is 2. The zero-order valence-corrected chi connectivity index (χ0v) is 22.8. The van der Waals surface area contributed by atoms with Crippen molar-refractivity contribution in [2.24, 2.45) is 40.6 Å². The summed E-state index contributed by atoms with van der Waals surface area (Å²) < 4.78 is 13.8. The Morgan fingerprint density at radius 2 is 1.71 bits per heavy atom. The first-order valence-corrected chi connectivity index (χ1v) is 13.8. The molecule has 0 unspecified atom stereocenters. The number of carbonyl (C=O) groups is 2. The number of nitrogens with zero attached hydrogens (tertiary/aromatic N) is 2. The lowest BCUT2D eigenvalue weighted by atomic mass is 9.63. The van der Waals surface area contributed by atoms with E-state index in [-0.39, 0.29) is 35.5 Å². The Morgan fingerprint density at radius 1 is 1.06 bits per heavy atom. The average Bonchev–Trinajstić information content (AvgIpc) is 3.63. The quantitative estimate of drug-likeness (QED) is 0.174. The van der Waals surface area contributed by atoms with E-state index in [2.05, 4.69) is 55.8 Å². The summed E-state index contributed by atoms with van der Waals surface area (Å²) in [5.74, 6) is 2.00. The van der Waals surface area contributed by atoms with E-state index < -0.39 is 0 Å². The Morgan fingerprint density at radius 3 is 2.34 bits per heavy atom. The molecule has 5 aliphatic rings. The average molecular weight is 647 g/mol. The highest BCUT2D eigenvalue weighted by Gasteiger charge is 2.67. The van der Waals surface area contributed by atoms with Crippen molar-refractivity contribution in [1.29, 1.82) is 0 Å². The molecule has 6 nitrogen and oxygen atoms in total. The van der Waals surface area contributed by atoms with E-state index in [1.54, 1.807) is 6.21 Å². The van der Waals surface area contributed by atoms with Crippen molar-refractivity contribution in [3.63, 3.8) is 0 Å². The van der Waals surface area contributed by atoms with Crippen LogP contribution in [0.4, 0.5) is 0 Å². The first-order chi connectivity index (χ1) is 17.0. The SMILES string of the molecule is CCOc1cc(/C=N\N2C(=O)[C@@H]3[C@H]4C=C[C@@H]([C@@H]5C[C@H]45)[C@H]3C2=O)cc(I)c1OCc1ccc(Br)cc1. The highest BCUT2D eigenvalue weighted by molar-refractivity contribution is 14.1. The predicted octanol–water partition coefficient (Wildman–Crippen LogP) is 5.42. The zero-order valence-electron chi connectivity index (χ0n) is 19.1. The number of hydrogen-bond donors (Lipinski definition) is 0. The van der Waals surface area contributed by atoms with Crippen molar-refractivity contribution in [3.8, 4) is 11.5 Å². The summed E-state index contributed by atoms with van der Waals surface area (Å²) in [6, 6.07) is 11.7. The van der Waals surface area contributed by atoms with Crippen LogP contribution in [0.3, 0.4) is 0 Å². The van der Waals surface area contributed by atoms with E-state index in [0.29, 0.717) is 36.5 Å². The van der Waals surface area contributed by atoms with Gasteiger partial charge in [0, 0.05) is 4.47 Å². The molecule has 1 aliphatic heterocycles. The molecule has 6 atom stereocenters. The molecule has 2 aromatic carbocycles. The zero-order chi connectivity index (χ0) is 24.3. The summed E-state index contributed by atoms with van der Waals surface area (Å²) in [5, 5.41) is 5.48. The van der Waals surface area contributed by atoms with Gasteiger partial charge in [-0.1, -0.05) is 40.2 Å². The molecular formula is C27H24BrIN2O4. The second-order valence-corrected chi connectivity index (χ2v) is 11.6. The maximum atomic E-state index is 13.2. The van der Waals surface area contributed by atoms with Crippen molar-refractivity contribution in [1.82, 2.24) is 5.01 Å².